The Labute approximate surface area is 194 Å². The molecule has 9 heteroatoms. The van der Waals surface area contributed by atoms with Crippen LogP contribution >= 0.6 is 0 Å². The highest BCUT2D eigenvalue weighted by atomic mass is 16.5. The Kier molecular flexibility index (Phi) is 10.0. The molecule has 2 atom stereocenters. The smallest absolute Gasteiger partial charge is 0.329 e. The quantitative estimate of drug-likeness (QED) is 0.222. The zero-order valence-corrected chi connectivity index (χ0v) is 19.3. The van der Waals surface area contributed by atoms with Crippen molar-refractivity contribution in [1.29, 1.82) is 0 Å². The second-order valence-corrected chi connectivity index (χ2v) is 8.07. The van der Waals surface area contributed by atoms with Crippen LogP contribution in [0.1, 0.15) is 58.8 Å². The van der Waals surface area contributed by atoms with Gasteiger partial charge >= 0.3 is 11.9 Å². The van der Waals surface area contributed by atoms with E-state index < -0.39 is 35.8 Å². The maximum atomic E-state index is 12.1. The fourth-order valence-electron chi connectivity index (χ4n) is 3.59. The summed E-state index contributed by atoms with van der Waals surface area (Å²) in [5.74, 6) is -2.29. The van der Waals surface area contributed by atoms with Crippen LogP contribution in [0.15, 0.2) is 36.6 Å². The molecule has 2 rings (SSSR count). The molecule has 0 aromatic rings. The molecule has 2 heterocycles. The third-order valence-corrected chi connectivity index (χ3v) is 5.54. The summed E-state index contributed by atoms with van der Waals surface area (Å²) in [6.07, 6.45) is 11.5. The standard InChI is InChI=1S/C24H32N2O7/c1-17-11-12-20(27)25(17)18(2)23(30)32-15-9-7-5-4-6-8-10-16-33-24(31)19(3)26-21(28)13-14-22(26)29/h11-14,18-19H,1,4-10,15-16H2,2-3H3. The van der Waals surface area contributed by atoms with Crippen molar-refractivity contribution in [1.82, 2.24) is 9.80 Å². The van der Waals surface area contributed by atoms with Gasteiger partial charge in [-0.3, -0.25) is 24.2 Å². The van der Waals surface area contributed by atoms with Crippen molar-refractivity contribution in [2.45, 2.75) is 70.9 Å². The lowest BCUT2D eigenvalue weighted by atomic mass is 10.1. The summed E-state index contributed by atoms with van der Waals surface area (Å²) in [4.78, 5) is 61.2. The zero-order valence-electron chi connectivity index (χ0n) is 19.3. The van der Waals surface area contributed by atoms with Crippen LogP contribution in [0, 0.1) is 0 Å². The van der Waals surface area contributed by atoms with E-state index in [0.717, 1.165) is 55.6 Å². The van der Waals surface area contributed by atoms with Crippen LogP contribution < -0.4 is 0 Å². The van der Waals surface area contributed by atoms with E-state index in [1.165, 1.54) is 17.9 Å². The maximum absolute atomic E-state index is 12.1. The average molecular weight is 461 g/mol. The molecule has 0 saturated carbocycles. The highest BCUT2D eigenvalue weighted by molar-refractivity contribution is 6.14. The topological polar surface area (TPSA) is 110 Å². The van der Waals surface area contributed by atoms with Crippen molar-refractivity contribution in [2.75, 3.05) is 13.2 Å². The number of hydrogen-bond donors (Lipinski definition) is 0. The fraction of sp³-hybridized carbons (Fsp3) is 0.542. The summed E-state index contributed by atoms with van der Waals surface area (Å²) >= 11 is 0. The number of nitrogens with zero attached hydrogens (tertiary/aromatic N) is 2. The molecule has 0 aromatic heterocycles. The van der Waals surface area contributed by atoms with Gasteiger partial charge in [-0.2, -0.15) is 0 Å². The molecule has 2 unspecified atom stereocenters. The summed E-state index contributed by atoms with van der Waals surface area (Å²) in [6.45, 7) is 7.41. The minimum atomic E-state index is -0.927. The van der Waals surface area contributed by atoms with Gasteiger partial charge in [-0.05, 0) is 32.8 Å². The molecule has 0 saturated heterocycles. The monoisotopic (exact) mass is 460 g/mol. The molecule has 180 valence electrons. The first-order valence-corrected chi connectivity index (χ1v) is 11.3. The van der Waals surface area contributed by atoms with Crippen LogP contribution in [0.3, 0.4) is 0 Å². The summed E-state index contributed by atoms with van der Waals surface area (Å²) in [5, 5.41) is 0. The Morgan fingerprint density at radius 2 is 1.06 bits per heavy atom. The fourth-order valence-corrected chi connectivity index (χ4v) is 3.59. The number of imide groups is 1. The number of ether oxygens (including phenoxy) is 2. The van der Waals surface area contributed by atoms with E-state index in [9.17, 15) is 24.0 Å². The molecule has 2 aliphatic rings. The van der Waals surface area contributed by atoms with Crippen molar-refractivity contribution >= 4 is 29.7 Å². The van der Waals surface area contributed by atoms with Crippen molar-refractivity contribution < 1.29 is 33.4 Å². The Morgan fingerprint density at radius 3 is 1.48 bits per heavy atom. The van der Waals surface area contributed by atoms with Gasteiger partial charge in [0, 0.05) is 23.9 Å². The minimum absolute atomic E-state index is 0.252. The number of allylic oxidation sites excluding steroid dienone is 1. The SMILES string of the molecule is C=C1C=CC(=O)N1C(C)C(=O)OCCCCCCCCCOC(=O)C(C)N1C(=O)C=CC1=O. The van der Waals surface area contributed by atoms with Crippen molar-refractivity contribution in [2.24, 2.45) is 0 Å². The molecular weight excluding hydrogens is 428 g/mol. The van der Waals surface area contributed by atoms with Gasteiger partial charge in [0.25, 0.3) is 17.7 Å². The Hall–Kier alpha value is -3.23. The van der Waals surface area contributed by atoms with Crippen LogP contribution in [0.5, 0.6) is 0 Å². The second kappa shape index (κ2) is 12.7. The molecule has 0 N–H and O–H groups in total. The predicted octanol–water partition coefficient (Wildman–Crippen LogP) is 2.42. The third-order valence-electron chi connectivity index (χ3n) is 5.54. The van der Waals surface area contributed by atoms with Crippen molar-refractivity contribution in [3.63, 3.8) is 0 Å². The van der Waals surface area contributed by atoms with Gasteiger partial charge in [-0.1, -0.05) is 38.7 Å². The van der Waals surface area contributed by atoms with E-state index in [1.807, 2.05) is 0 Å². The molecular formula is C24H32N2O7. The molecule has 0 aromatic carbocycles. The van der Waals surface area contributed by atoms with Gasteiger partial charge in [0.1, 0.15) is 12.1 Å². The Balaban J connectivity index is 1.44. The van der Waals surface area contributed by atoms with Crippen LogP contribution in [0.2, 0.25) is 0 Å². The van der Waals surface area contributed by atoms with E-state index in [4.69, 9.17) is 9.47 Å². The number of esters is 2. The molecule has 0 radical (unpaired) electrons. The summed E-state index contributed by atoms with van der Waals surface area (Å²) in [6, 6.07) is -1.62. The predicted molar refractivity (Wildman–Crippen MR) is 119 cm³/mol. The number of unbranched alkanes of at least 4 members (excludes halogenated alkanes) is 6. The maximum Gasteiger partial charge on any atom is 0.329 e. The molecule has 3 amide bonds. The van der Waals surface area contributed by atoms with Crippen molar-refractivity contribution in [3.05, 3.63) is 36.6 Å². The highest BCUT2D eigenvalue weighted by Crippen LogP contribution is 2.18. The first-order chi connectivity index (χ1) is 15.7. The minimum Gasteiger partial charge on any atom is -0.464 e. The number of rotatable bonds is 14. The third kappa shape index (κ3) is 7.40. The summed E-state index contributed by atoms with van der Waals surface area (Å²) in [5.41, 5.74) is 0.489. The molecule has 33 heavy (non-hydrogen) atoms. The lowest BCUT2D eigenvalue weighted by molar-refractivity contribution is -0.156. The zero-order chi connectivity index (χ0) is 24.4. The van der Waals surface area contributed by atoms with Gasteiger partial charge in [0.05, 0.1) is 13.2 Å². The van der Waals surface area contributed by atoms with Crippen LogP contribution in [-0.4, -0.2) is 64.8 Å². The van der Waals surface area contributed by atoms with Gasteiger partial charge in [-0.25, -0.2) is 9.59 Å². The number of carbonyl (C=O) groups excluding carboxylic acids is 5. The van der Waals surface area contributed by atoms with Crippen LogP contribution in [-0.2, 0) is 33.4 Å². The molecule has 0 spiro atoms. The van der Waals surface area contributed by atoms with E-state index in [2.05, 4.69) is 6.58 Å². The van der Waals surface area contributed by atoms with Gasteiger partial charge < -0.3 is 9.47 Å². The number of carbonyl (C=O) groups is 5. The second-order valence-electron chi connectivity index (χ2n) is 8.07. The molecule has 9 nitrogen and oxygen atoms in total. The van der Waals surface area contributed by atoms with E-state index in [1.54, 1.807) is 13.0 Å². The molecule has 0 fully saturated rings. The molecule has 2 aliphatic heterocycles. The van der Waals surface area contributed by atoms with E-state index in [-0.39, 0.29) is 12.5 Å². The Bertz CT molecular complexity index is 742. The largest absolute Gasteiger partial charge is 0.464 e. The Morgan fingerprint density at radius 1 is 0.697 bits per heavy atom. The lowest BCUT2D eigenvalue weighted by Gasteiger charge is -2.23. The van der Waals surface area contributed by atoms with Crippen LogP contribution in [0.25, 0.3) is 0 Å². The molecule has 0 aliphatic carbocycles. The van der Waals surface area contributed by atoms with E-state index >= 15 is 0 Å². The molecule has 0 bridgehead atoms. The first-order valence-electron chi connectivity index (χ1n) is 11.3. The lowest BCUT2D eigenvalue weighted by Crippen LogP contribution is -2.43. The van der Waals surface area contributed by atoms with Gasteiger partial charge in [0.15, 0.2) is 0 Å². The summed E-state index contributed by atoms with van der Waals surface area (Å²) < 4.78 is 10.4. The summed E-state index contributed by atoms with van der Waals surface area (Å²) in [7, 11) is 0. The number of hydrogen-bond acceptors (Lipinski definition) is 7. The van der Waals surface area contributed by atoms with Crippen molar-refractivity contribution in [3.8, 4) is 0 Å². The van der Waals surface area contributed by atoms with Gasteiger partial charge in [-0.15, -0.1) is 0 Å². The van der Waals surface area contributed by atoms with Gasteiger partial charge in [0.2, 0.25) is 0 Å². The van der Waals surface area contributed by atoms with Crippen LogP contribution in [0.4, 0.5) is 0 Å². The highest BCUT2D eigenvalue weighted by Gasteiger charge is 2.33. The number of amides is 3. The van der Waals surface area contributed by atoms with E-state index in [0.29, 0.717) is 18.7 Å². The normalized spacial score (nSPS) is 17.2. The first kappa shape index (κ1) is 26.0. The average Bonchev–Trinajstić information content (AvgIpc) is 3.30.